The Morgan fingerprint density at radius 3 is 2.32 bits per heavy atom. The Morgan fingerprint density at radius 2 is 1.84 bits per heavy atom. The molecule has 1 fully saturated rings. The van der Waals surface area contributed by atoms with Gasteiger partial charge in [0.05, 0.1) is 6.57 Å². The molecule has 0 bridgehead atoms. The SMILES string of the molecule is [C-]#[N+]c1ccc(C(=O)N2CCC(N(C)C)CC2)cc1. The van der Waals surface area contributed by atoms with Crippen LogP contribution >= 0.6 is 0 Å². The van der Waals surface area contributed by atoms with Crippen LogP contribution in [0.5, 0.6) is 0 Å². The van der Waals surface area contributed by atoms with Crippen LogP contribution in [-0.4, -0.2) is 48.9 Å². The third kappa shape index (κ3) is 3.12. The quantitative estimate of drug-likeness (QED) is 0.761. The molecular weight excluding hydrogens is 238 g/mol. The first-order valence-corrected chi connectivity index (χ1v) is 6.55. The Balaban J connectivity index is 1.99. The molecule has 1 aromatic rings. The van der Waals surface area contributed by atoms with Crippen LogP contribution in [0, 0.1) is 6.57 Å². The van der Waals surface area contributed by atoms with E-state index in [0.717, 1.165) is 25.9 Å². The van der Waals surface area contributed by atoms with Gasteiger partial charge in [0, 0.05) is 24.7 Å². The van der Waals surface area contributed by atoms with Crippen molar-refractivity contribution in [2.75, 3.05) is 27.2 Å². The van der Waals surface area contributed by atoms with Gasteiger partial charge in [-0.1, -0.05) is 24.3 Å². The maximum absolute atomic E-state index is 12.3. The summed E-state index contributed by atoms with van der Waals surface area (Å²) in [5.74, 6) is 0.0775. The molecule has 0 N–H and O–H groups in total. The van der Waals surface area contributed by atoms with Crippen LogP contribution in [0.4, 0.5) is 5.69 Å². The summed E-state index contributed by atoms with van der Waals surface area (Å²) in [5.41, 5.74) is 1.25. The summed E-state index contributed by atoms with van der Waals surface area (Å²) < 4.78 is 0. The molecule has 1 saturated heterocycles. The predicted molar refractivity (Wildman–Crippen MR) is 75.3 cm³/mol. The van der Waals surface area contributed by atoms with Crippen molar-refractivity contribution < 1.29 is 4.79 Å². The molecule has 0 unspecified atom stereocenters. The minimum atomic E-state index is 0.0775. The number of nitrogens with zero attached hydrogens (tertiary/aromatic N) is 3. The van der Waals surface area contributed by atoms with Gasteiger partial charge < -0.3 is 9.80 Å². The molecule has 0 saturated carbocycles. The molecule has 100 valence electrons. The van der Waals surface area contributed by atoms with E-state index in [1.165, 1.54) is 0 Å². The first-order chi connectivity index (χ1) is 9.11. The van der Waals surface area contributed by atoms with Crippen molar-refractivity contribution in [3.05, 3.63) is 41.2 Å². The highest BCUT2D eigenvalue weighted by Crippen LogP contribution is 2.18. The molecule has 1 heterocycles. The average Bonchev–Trinajstić information content (AvgIpc) is 2.46. The van der Waals surface area contributed by atoms with Crippen molar-refractivity contribution in [3.63, 3.8) is 0 Å². The van der Waals surface area contributed by atoms with Gasteiger partial charge in [-0.15, -0.1) is 0 Å². The Labute approximate surface area is 114 Å². The lowest BCUT2D eigenvalue weighted by atomic mass is 10.0. The highest BCUT2D eigenvalue weighted by Gasteiger charge is 2.24. The van der Waals surface area contributed by atoms with Crippen molar-refractivity contribution in [1.82, 2.24) is 9.80 Å². The van der Waals surface area contributed by atoms with E-state index in [0.29, 0.717) is 17.3 Å². The third-order valence-electron chi connectivity index (χ3n) is 3.73. The molecule has 0 radical (unpaired) electrons. The first kappa shape index (κ1) is 13.6. The Bertz CT molecular complexity index is 479. The van der Waals surface area contributed by atoms with Crippen molar-refractivity contribution in [2.45, 2.75) is 18.9 Å². The van der Waals surface area contributed by atoms with E-state index in [1.54, 1.807) is 24.3 Å². The second kappa shape index (κ2) is 5.85. The van der Waals surface area contributed by atoms with Gasteiger partial charge in [-0.25, -0.2) is 4.85 Å². The molecule has 1 aromatic carbocycles. The summed E-state index contributed by atoms with van der Waals surface area (Å²) in [5, 5.41) is 0. The van der Waals surface area contributed by atoms with Crippen molar-refractivity contribution >= 4 is 11.6 Å². The van der Waals surface area contributed by atoms with Crippen LogP contribution in [0.25, 0.3) is 4.85 Å². The monoisotopic (exact) mass is 257 g/mol. The van der Waals surface area contributed by atoms with Gasteiger partial charge in [0.2, 0.25) is 0 Å². The molecule has 1 aliphatic rings. The largest absolute Gasteiger partial charge is 0.339 e. The second-order valence-corrected chi connectivity index (χ2v) is 5.15. The van der Waals surface area contributed by atoms with E-state index >= 15 is 0 Å². The number of hydrogen-bond acceptors (Lipinski definition) is 2. The van der Waals surface area contributed by atoms with Crippen LogP contribution in [0.15, 0.2) is 24.3 Å². The summed E-state index contributed by atoms with van der Waals surface area (Å²) in [6, 6.07) is 7.47. The van der Waals surface area contributed by atoms with Gasteiger partial charge >= 0.3 is 0 Å². The van der Waals surface area contributed by atoms with Crippen LogP contribution in [0.2, 0.25) is 0 Å². The number of piperidine rings is 1. The van der Waals surface area contributed by atoms with Crippen LogP contribution in [-0.2, 0) is 0 Å². The summed E-state index contributed by atoms with van der Waals surface area (Å²) in [6.45, 7) is 8.53. The first-order valence-electron chi connectivity index (χ1n) is 6.55. The Morgan fingerprint density at radius 1 is 1.26 bits per heavy atom. The maximum atomic E-state index is 12.3. The topological polar surface area (TPSA) is 27.9 Å². The molecule has 0 spiro atoms. The Hall–Kier alpha value is -1.86. The van der Waals surface area contributed by atoms with Crippen LogP contribution in [0.3, 0.4) is 0 Å². The predicted octanol–water partition coefficient (Wildman–Crippen LogP) is 2.40. The van der Waals surface area contributed by atoms with Gasteiger partial charge in [-0.05, 0) is 26.9 Å². The molecule has 1 amide bonds. The van der Waals surface area contributed by atoms with E-state index in [1.807, 2.05) is 4.90 Å². The molecule has 0 aromatic heterocycles. The number of amides is 1. The molecule has 19 heavy (non-hydrogen) atoms. The summed E-state index contributed by atoms with van der Waals surface area (Å²) in [4.78, 5) is 19.8. The smallest absolute Gasteiger partial charge is 0.253 e. The number of rotatable bonds is 2. The lowest BCUT2D eigenvalue weighted by molar-refractivity contribution is 0.0663. The standard InChI is InChI=1S/C15H19N3O/c1-16-13-6-4-12(5-7-13)15(19)18-10-8-14(9-11-18)17(2)3/h4-7,14H,8-11H2,2-3H3. The molecule has 1 aliphatic heterocycles. The normalized spacial score (nSPS) is 16.4. The summed E-state index contributed by atoms with van der Waals surface area (Å²) >= 11 is 0. The Kier molecular flexibility index (Phi) is 4.18. The summed E-state index contributed by atoms with van der Waals surface area (Å²) in [7, 11) is 4.18. The molecule has 0 aliphatic carbocycles. The van der Waals surface area contributed by atoms with E-state index in [2.05, 4.69) is 23.8 Å². The highest BCUT2D eigenvalue weighted by molar-refractivity contribution is 5.94. The number of benzene rings is 1. The zero-order valence-electron chi connectivity index (χ0n) is 11.5. The van der Waals surface area contributed by atoms with Crippen LogP contribution in [0.1, 0.15) is 23.2 Å². The number of hydrogen-bond donors (Lipinski definition) is 0. The molecular formula is C15H19N3O. The van der Waals surface area contributed by atoms with Gasteiger partial charge in [0.1, 0.15) is 0 Å². The molecule has 4 heteroatoms. The lowest BCUT2D eigenvalue weighted by Crippen LogP contribution is -2.44. The van der Waals surface area contributed by atoms with E-state index < -0.39 is 0 Å². The zero-order chi connectivity index (χ0) is 13.8. The minimum Gasteiger partial charge on any atom is -0.339 e. The molecule has 4 nitrogen and oxygen atoms in total. The van der Waals surface area contributed by atoms with Crippen molar-refractivity contribution in [3.8, 4) is 0 Å². The lowest BCUT2D eigenvalue weighted by Gasteiger charge is -2.35. The fourth-order valence-electron chi connectivity index (χ4n) is 2.45. The second-order valence-electron chi connectivity index (χ2n) is 5.15. The summed E-state index contributed by atoms with van der Waals surface area (Å²) in [6.07, 6.45) is 2.05. The molecule has 0 atom stereocenters. The van der Waals surface area contributed by atoms with Gasteiger partial charge in [-0.2, -0.15) is 0 Å². The number of carbonyl (C=O) groups is 1. The number of likely N-dealkylation sites (tertiary alicyclic amines) is 1. The van der Waals surface area contributed by atoms with Crippen molar-refractivity contribution in [2.24, 2.45) is 0 Å². The zero-order valence-corrected chi connectivity index (χ0v) is 11.5. The van der Waals surface area contributed by atoms with Crippen molar-refractivity contribution in [1.29, 1.82) is 0 Å². The third-order valence-corrected chi connectivity index (χ3v) is 3.73. The highest BCUT2D eigenvalue weighted by atomic mass is 16.2. The van der Waals surface area contributed by atoms with Gasteiger partial charge in [0.25, 0.3) is 5.91 Å². The van der Waals surface area contributed by atoms with E-state index in [9.17, 15) is 4.79 Å². The molecule has 2 rings (SSSR count). The average molecular weight is 257 g/mol. The van der Waals surface area contributed by atoms with Crippen LogP contribution < -0.4 is 0 Å². The van der Waals surface area contributed by atoms with Gasteiger partial charge in [-0.3, -0.25) is 4.79 Å². The fourth-order valence-corrected chi connectivity index (χ4v) is 2.45. The van der Waals surface area contributed by atoms with E-state index in [-0.39, 0.29) is 5.91 Å². The number of carbonyl (C=O) groups excluding carboxylic acids is 1. The van der Waals surface area contributed by atoms with Gasteiger partial charge in [0.15, 0.2) is 5.69 Å². The minimum absolute atomic E-state index is 0.0775. The maximum Gasteiger partial charge on any atom is 0.253 e. The van der Waals surface area contributed by atoms with E-state index in [4.69, 9.17) is 6.57 Å². The fraction of sp³-hybridized carbons (Fsp3) is 0.467.